The van der Waals surface area contributed by atoms with Crippen molar-refractivity contribution >= 4 is 5.82 Å². The van der Waals surface area contributed by atoms with E-state index in [0.29, 0.717) is 11.5 Å². The van der Waals surface area contributed by atoms with Crippen molar-refractivity contribution in [2.24, 2.45) is 5.73 Å². The number of nitrogens with two attached hydrogens (primary N) is 2. The van der Waals surface area contributed by atoms with Crippen molar-refractivity contribution in [2.45, 2.75) is 30.1 Å². The number of rotatable bonds is 9. The molecule has 40 heavy (non-hydrogen) atoms. The van der Waals surface area contributed by atoms with Crippen LogP contribution in [-0.4, -0.2) is 53.7 Å². The van der Waals surface area contributed by atoms with Gasteiger partial charge in [0.15, 0.2) is 6.23 Å². The lowest BCUT2D eigenvalue weighted by molar-refractivity contribution is -0.0945. The number of nitrogens with zero attached hydrogens (tertiary/aromatic N) is 2. The van der Waals surface area contributed by atoms with Gasteiger partial charge in [-0.2, -0.15) is 4.98 Å². The zero-order valence-corrected chi connectivity index (χ0v) is 22.2. The van der Waals surface area contributed by atoms with Crippen molar-refractivity contribution in [2.75, 3.05) is 26.6 Å². The Morgan fingerprint density at radius 3 is 1.98 bits per heavy atom. The molecule has 5 rings (SSSR count). The van der Waals surface area contributed by atoms with E-state index in [9.17, 15) is 9.90 Å². The second kappa shape index (κ2) is 11.5. The summed E-state index contributed by atoms with van der Waals surface area (Å²) in [4.78, 5) is 16.2. The van der Waals surface area contributed by atoms with Crippen LogP contribution < -0.4 is 26.6 Å². The number of aromatic nitrogens is 2. The van der Waals surface area contributed by atoms with Gasteiger partial charge in [0.25, 0.3) is 0 Å². The Hall–Kier alpha value is -4.22. The molecule has 0 saturated carbocycles. The molecule has 2 heterocycles. The Balaban J connectivity index is 1.55. The van der Waals surface area contributed by atoms with Crippen LogP contribution in [0.2, 0.25) is 0 Å². The number of methoxy groups -OCH3 is 2. The van der Waals surface area contributed by atoms with Gasteiger partial charge in [-0.1, -0.05) is 54.6 Å². The Morgan fingerprint density at radius 1 is 0.900 bits per heavy atom. The van der Waals surface area contributed by atoms with Gasteiger partial charge in [0.1, 0.15) is 35.1 Å². The molecular formula is C30H32N4O6. The number of hydrogen-bond donors (Lipinski definition) is 3. The van der Waals surface area contributed by atoms with E-state index in [1.807, 2.05) is 78.9 Å². The van der Waals surface area contributed by atoms with Crippen LogP contribution in [0.5, 0.6) is 11.5 Å². The third-order valence-electron chi connectivity index (χ3n) is 7.18. The van der Waals surface area contributed by atoms with Gasteiger partial charge in [-0.15, -0.1) is 0 Å². The molecule has 1 aliphatic heterocycles. The average Bonchev–Trinajstić information content (AvgIpc) is 3.27. The smallest absolute Gasteiger partial charge is 0.351 e. The van der Waals surface area contributed by atoms with Crippen LogP contribution in [0, 0.1) is 0 Å². The normalized spacial score (nSPS) is 20.8. The molecule has 5 N–H and O–H groups in total. The first-order valence-electron chi connectivity index (χ1n) is 12.8. The fourth-order valence-electron chi connectivity index (χ4n) is 5.06. The lowest BCUT2D eigenvalue weighted by atomic mass is 9.80. The van der Waals surface area contributed by atoms with E-state index in [0.717, 1.165) is 16.7 Å². The lowest BCUT2D eigenvalue weighted by Crippen LogP contribution is -2.43. The number of aliphatic hydroxyl groups excluding tert-OH is 1. The fourth-order valence-corrected chi connectivity index (χ4v) is 5.06. The summed E-state index contributed by atoms with van der Waals surface area (Å²) in [6.07, 6.45) is -1.45. The van der Waals surface area contributed by atoms with Gasteiger partial charge >= 0.3 is 5.69 Å². The Morgan fingerprint density at radius 2 is 1.45 bits per heavy atom. The van der Waals surface area contributed by atoms with Gasteiger partial charge in [-0.05, 0) is 47.0 Å². The maximum atomic E-state index is 12.5. The Bertz CT molecular complexity index is 1430. The molecule has 208 valence electrons. The quantitative estimate of drug-likeness (QED) is 0.271. The summed E-state index contributed by atoms with van der Waals surface area (Å²) >= 11 is 0. The minimum absolute atomic E-state index is 0.0462. The van der Waals surface area contributed by atoms with E-state index in [2.05, 4.69) is 4.98 Å². The van der Waals surface area contributed by atoms with Crippen molar-refractivity contribution in [3.63, 3.8) is 0 Å². The summed E-state index contributed by atoms with van der Waals surface area (Å²) in [5.41, 5.74) is 12.7. The van der Waals surface area contributed by atoms with E-state index >= 15 is 0 Å². The number of ether oxygens (including phenoxy) is 4. The van der Waals surface area contributed by atoms with Crippen LogP contribution >= 0.6 is 0 Å². The van der Waals surface area contributed by atoms with Gasteiger partial charge < -0.3 is 35.5 Å². The first kappa shape index (κ1) is 27.4. The standard InChI is InChI=1S/C30H32N4O6/c1-37-22-12-8-20(9-13-22)30(19-6-4-3-5-7-19,21-10-14-23(38-2)15-11-21)39-18-24-27(35)26(32)28(40-24)34-17-16-25(31)33-29(34)36/h3-17,24,26-28,35H,18,32H2,1-2H3,(H2,31,33,36)/t24-,26-,27-,28-/m1/s1. The number of anilines is 1. The molecule has 0 amide bonds. The maximum absolute atomic E-state index is 12.5. The van der Waals surface area contributed by atoms with Crippen molar-refractivity contribution in [1.82, 2.24) is 9.55 Å². The van der Waals surface area contributed by atoms with Gasteiger partial charge in [-0.3, -0.25) is 4.57 Å². The molecule has 0 radical (unpaired) electrons. The average molecular weight is 545 g/mol. The minimum atomic E-state index is -1.12. The van der Waals surface area contributed by atoms with E-state index in [1.54, 1.807) is 14.2 Å². The van der Waals surface area contributed by atoms with Gasteiger partial charge in [0, 0.05) is 6.20 Å². The SMILES string of the molecule is COc1ccc(C(OC[C@H]2O[C@@H](n3ccc(N)nc3=O)[C@H](N)[C@@H]2O)(c2ccccc2)c2ccc(OC)cc2)cc1. The Kier molecular flexibility index (Phi) is 7.85. The van der Waals surface area contributed by atoms with Crippen LogP contribution in [0.3, 0.4) is 0 Å². The highest BCUT2D eigenvalue weighted by molar-refractivity contribution is 5.49. The molecule has 10 heteroatoms. The number of hydrogen-bond acceptors (Lipinski definition) is 9. The molecule has 10 nitrogen and oxygen atoms in total. The molecular weight excluding hydrogens is 512 g/mol. The number of benzene rings is 3. The Labute approximate surface area is 231 Å². The third kappa shape index (κ3) is 5.05. The highest BCUT2D eigenvalue weighted by Crippen LogP contribution is 2.42. The second-order valence-electron chi connectivity index (χ2n) is 9.49. The summed E-state index contributed by atoms with van der Waals surface area (Å²) < 4.78 is 25.0. The molecule has 1 saturated heterocycles. The molecule has 1 aliphatic rings. The van der Waals surface area contributed by atoms with Gasteiger partial charge in [0.2, 0.25) is 0 Å². The van der Waals surface area contributed by atoms with Gasteiger partial charge in [0.05, 0.1) is 26.9 Å². The predicted molar refractivity (Wildman–Crippen MR) is 149 cm³/mol. The van der Waals surface area contributed by atoms with Crippen LogP contribution in [0.25, 0.3) is 0 Å². The topological polar surface area (TPSA) is 144 Å². The molecule has 1 aromatic heterocycles. The van der Waals surface area contributed by atoms with Crippen molar-refractivity contribution < 1.29 is 24.1 Å². The number of nitrogen functional groups attached to an aromatic ring is 1. The van der Waals surface area contributed by atoms with E-state index in [-0.39, 0.29) is 12.4 Å². The molecule has 0 bridgehead atoms. The lowest BCUT2D eigenvalue weighted by Gasteiger charge is -2.37. The number of aliphatic hydroxyl groups is 1. The third-order valence-corrected chi connectivity index (χ3v) is 7.18. The fraction of sp³-hybridized carbons (Fsp3) is 0.267. The van der Waals surface area contributed by atoms with E-state index in [1.165, 1.54) is 16.8 Å². The largest absolute Gasteiger partial charge is 0.497 e. The van der Waals surface area contributed by atoms with E-state index < -0.39 is 35.8 Å². The molecule has 0 unspecified atom stereocenters. The highest BCUT2D eigenvalue weighted by Gasteiger charge is 2.46. The minimum Gasteiger partial charge on any atom is -0.497 e. The molecule has 4 atom stereocenters. The summed E-state index contributed by atoms with van der Waals surface area (Å²) in [6.45, 7) is -0.0462. The summed E-state index contributed by atoms with van der Waals surface area (Å²) in [5.74, 6) is 1.48. The molecule has 3 aromatic carbocycles. The monoisotopic (exact) mass is 544 g/mol. The second-order valence-corrected chi connectivity index (χ2v) is 9.49. The predicted octanol–water partition coefficient (Wildman–Crippen LogP) is 2.44. The molecule has 0 aliphatic carbocycles. The first-order chi connectivity index (χ1) is 19.4. The summed E-state index contributed by atoms with van der Waals surface area (Å²) in [5, 5.41) is 11.1. The van der Waals surface area contributed by atoms with Crippen molar-refractivity contribution in [3.05, 3.63) is 118 Å². The molecule has 1 fully saturated rings. The van der Waals surface area contributed by atoms with Crippen LogP contribution in [0.1, 0.15) is 22.9 Å². The van der Waals surface area contributed by atoms with Crippen molar-refractivity contribution in [1.29, 1.82) is 0 Å². The maximum Gasteiger partial charge on any atom is 0.351 e. The summed E-state index contributed by atoms with van der Waals surface area (Å²) in [6, 6.07) is 25.6. The molecule has 4 aromatic rings. The highest BCUT2D eigenvalue weighted by atomic mass is 16.6. The van der Waals surface area contributed by atoms with Crippen LogP contribution in [0.4, 0.5) is 5.82 Å². The summed E-state index contributed by atoms with van der Waals surface area (Å²) in [7, 11) is 3.22. The first-order valence-corrected chi connectivity index (χ1v) is 12.8. The zero-order chi connectivity index (χ0) is 28.3. The zero-order valence-electron chi connectivity index (χ0n) is 22.2. The van der Waals surface area contributed by atoms with Gasteiger partial charge in [-0.25, -0.2) is 4.79 Å². The van der Waals surface area contributed by atoms with Crippen LogP contribution in [0.15, 0.2) is 95.9 Å². The van der Waals surface area contributed by atoms with Crippen molar-refractivity contribution in [3.8, 4) is 11.5 Å². The van der Waals surface area contributed by atoms with E-state index in [4.69, 9.17) is 30.4 Å². The van der Waals surface area contributed by atoms with Crippen LogP contribution in [-0.2, 0) is 15.1 Å². The molecule has 0 spiro atoms.